The maximum atomic E-state index is 11.6. The predicted octanol–water partition coefficient (Wildman–Crippen LogP) is 3.22. The average molecular weight is 290 g/mol. The van der Waals surface area contributed by atoms with Gasteiger partial charge in [0, 0.05) is 11.4 Å². The maximum Gasteiger partial charge on any atom is 0.325 e. The average Bonchev–Trinajstić information content (AvgIpc) is 2.76. The van der Waals surface area contributed by atoms with Crippen LogP contribution in [-0.4, -0.2) is 23.5 Å². The number of anilines is 1. The fourth-order valence-electron chi connectivity index (χ4n) is 1.24. The number of aliphatic imine (C=N–C) groups is 1. The largest absolute Gasteiger partial charge is 0.325 e. The van der Waals surface area contributed by atoms with Gasteiger partial charge in [-0.3, -0.25) is 10.3 Å². The van der Waals surface area contributed by atoms with E-state index in [-0.39, 0.29) is 6.03 Å². The lowest BCUT2D eigenvalue weighted by Crippen LogP contribution is -2.31. The first-order valence-corrected chi connectivity index (χ1v) is 6.59. The summed E-state index contributed by atoms with van der Waals surface area (Å²) >= 11 is 13.1. The van der Waals surface area contributed by atoms with Gasteiger partial charge in [-0.1, -0.05) is 35.0 Å². The highest BCUT2D eigenvalue weighted by molar-refractivity contribution is 8.14. The number of urea groups is 1. The third kappa shape index (κ3) is 3.52. The fourth-order valence-corrected chi connectivity index (χ4v) is 2.27. The first-order chi connectivity index (χ1) is 8.15. The lowest BCUT2D eigenvalue weighted by Gasteiger charge is -2.07. The van der Waals surface area contributed by atoms with Crippen molar-refractivity contribution in [2.75, 3.05) is 17.6 Å². The summed E-state index contributed by atoms with van der Waals surface area (Å²) in [4.78, 5) is 15.7. The number of hydrogen-bond donors (Lipinski definition) is 2. The molecule has 1 aliphatic rings. The van der Waals surface area contributed by atoms with Crippen molar-refractivity contribution in [2.45, 2.75) is 0 Å². The molecule has 7 heteroatoms. The van der Waals surface area contributed by atoms with Crippen LogP contribution in [0.15, 0.2) is 23.2 Å². The van der Waals surface area contributed by atoms with Gasteiger partial charge in [0.1, 0.15) is 0 Å². The molecule has 4 nitrogen and oxygen atoms in total. The van der Waals surface area contributed by atoms with E-state index in [2.05, 4.69) is 15.6 Å². The molecule has 2 amide bonds. The molecule has 90 valence electrons. The Morgan fingerprint density at radius 1 is 1.29 bits per heavy atom. The maximum absolute atomic E-state index is 11.6. The minimum Gasteiger partial charge on any atom is -0.308 e. The molecule has 0 saturated carbocycles. The molecule has 1 aromatic rings. The number of amides is 2. The van der Waals surface area contributed by atoms with Crippen LogP contribution in [0.1, 0.15) is 0 Å². The number of carbonyl (C=O) groups excluding carboxylic acids is 1. The molecule has 2 rings (SSSR count). The van der Waals surface area contributed by atoms with Gasteiger partial charge >= 0.3 is 6.03 Å². The molecule has 1 aliphatic heterocycles. The van der Waals surface area contributed by atoms with Crippen molar-refractivity contribution in [3.8, 4) is 0 Å². The highest BCUT2D eigenvalue weighted by atomic mass is 35.5. The Hall–Kier alpha value is -0.910. The Kier molecular flexibility index (Phi) is 4.15. The van der Waals surface area contributed by atoms with Gasteiger partial charge in [-0.25, -0.2) is 4.79 Å². The molecular formula is C10H9Cl2N3OS. The number of hydrogen-bond acceptors (Lipinski definition) is 3. The molecule has 0 unspecified atom stereocenters. The van der Waals surface area contributed by atoms with Crippen molar-refractivity contribution in [3.63, 3.8) is 0 Å². The van der Waals surface area contributed by atoms with Crippen LogP contribution >= 0.6 is 35.0 Å². The van der Waals surface area contributed by atoms with Gasteiger partial charge < -0.3 is 5.32 Å². The number of carbonyl (C=O) groups is 1. The summed E-state index contributed by atoms with van der Waals surface area (Å²) in [7, 11) is 0. The molecule has 0 aliphatic carbocycles. The monoisotopic (exact) mass is 289 g/mol. The summed E-state index contributed by atoms with van der Waals surface area (Å²) in [5.74, 6) is 0.905. The second-order valence-corrected chi connectivity index (χ2v) is 5.14. The predicted molar refractivity (Wildman–Crippen MR) is 73.4 cm³/mol. The molecule has 0 aromatic heterocycles. The number of nitrogens with one attached hydrogen (secondary N) is 2. The normalized spacial score (nSPS) is 14.4. The number of thioether (sulfide) groups is 1. The molecule has 2 N–H and O–H groups in total. The van der Waals surface area contributed by atoms with Crippen molar-refractivity contribution in [1.29, 1.82) is 0 Å². The van der Waals surface area contributed by atoms with Crippen LogP contribution in [0.25, 0.3) is 0 Å². The van der Waals surface area contributed by atoms with Gasteiger partial charge in [0.05, 0.1) is 16.6 Å². The topological polar surface area (TPSA) is 53.5 Å². The van der Waals surface area contributed by atoms with Crippen LogP contribution in [0, 0.1) is 0 Å². The Bertz CT molecular complexity index is 479. The van der Waals surface area contributed by atoms with Crippen molar-refractivity contribution >= 4 is 51.8 Å². The van der Waals surface area contributed by atoms with Gasteiger partial charge in [0.15, 0.2) is 5.17 Å². The minimum atomic E-state index is -0.337. The molecule has 0 fully saturated rings. The second-order valence-electron chi connectivity index (χ2n) is 3.24. The van der Waals surface area contributed by atoms with Crippen LogP contribution in [0.4, 0.5) is 10.5 Å². The molecular weight excluding hydrogens is 281 g/mol. The summed E-state index contributed by atoms with van der Waals surface area (Å²) in [6.07, 6.45) is 0. The number of halogens is 2. The summed E-state index contributed by atoms with van der Waals surface area (Å²) in [5, 5.41) is 6.79. The van der Waals surface area contributed by atoms with E-state index in [9.17, 15) is 4.79 Å². The van der Waals surface area contributed by atoms with E-state index in [0.29, 0.717) is 20.9 Å². The summed E-state index contributed by atoms with van der Waals surface area (Å²) in [6, 6.07) is 4.56. The highest BCUT2D eigenvalue weighted by Crippen LogP contribution is 2.24. The van der Waals surface area contributed by atoms with Crippen LogP contribution < -0.4 is 10.6 Å². The molecule has 1 heterocycles. The Balaban J connectivity index is 1.95. The summed E-state index contributed by atoms with van der Waals surface area (Å²) in [5.41, 5.74) is 0.584. The molecule has 17 heavy (non-hydrogen) atoms. The number of benzene rings is 1. The summed E-state index contributed by atoms with van der Waals surface area (Å²) < 4.78 is 0. The highest BCUT2D eigenvalue weighted by Gasteiger charge is 2.11. The molecule has 0 saturated heterocycles. The minimum absolute atomic E-state index is 0.337. The molecule has 0 radical (unpaired) electrons. The third-order valence-electron chi connectivity index (χ3n) is 1.98. The second kappa shape index (κ2) is 5.62. The third-order valence-corrected chi connectivity index (χ3v) is 3.61. The van der Waals surface area contributed by atoms with Crippen LogP contribution in [0.3, 0.4) is 0 Å². The SMILES string of the molecule is O=C(NC1=NCCS1)Nc1ccc(Cl)c(Cl)c1. The molecule has 0 atom stereocenters. The zero-order chi connectivity index (χ0) is 12.3. The lowest BCUT2D eigenvalue weighted by atomic mass is 10.3. The van der Waals surface area contributed by atoms with E-state index in [4.69, 9.17) is 23.2 Å². The van der Waals surface area contributed by atoms with Crippen molar-refractivity contribution in [3.05, 3.63) is 28.2 Å². The van der Waals surface area contributed by atoms with Gasteiger partial charge in [0.2, 0.25) is 0 Å². The van der Waals surface area contributed by atoms with Gasteiger partial charge in [-0.2, -0.15) is 0 Å². The molecule has 1 aromatic carbocycles. The first-order valence-electron chi connectivity index (χ1n) is 4.85. The smallest absolute Gasteiger partial charge is 0.308 e. The van der Waals surface area contributed by atoms with Crippen molar-refractivity contribution in [2.24, 2.45) is 4.99 Å². The van der Waals surface area contributed by atoms with Crippen LogP contribution in [0.2, 0.25) is 10.0 Å². The number of nitrogens with zero attached hydrogens (tertiary/aromatic N) is 1. The number of rotatable bonds is 1. The lowest BCUT2D eigenvalue weighted by molar-refractivity contribution is 0.256. The van der Waals surface area contributed by atoms with E-state index >= 15 is 0 Å². The van der Waals surface area contributed by atoms with Crippen LogP contribution in [-0.2, 0) is 0 Å². The number of amidine groups is 1. The quantitative estimate of drug-likeness (QED) is 0.834. The van der Waals surface area contributed by atoms with Gasteiger partial charge in [-0.05, 0) is 18.2 Å². The molecule has 0 spiro atoms. The van der Waals surface area contributed by atoms with Crippen molar-refractivity contribution in [1.82, 2.24) is 5.32 Å². The zero-order valence-electron chi connectivity index (χ0n) is 8.67. The van der Waals surface area contributed by atoms with E-state index in [1.807, 2.05) is 0 Å². The zero-order valence-corrected chi connectivity index (χ0v) is 11.0. The Labute approximate surface area is 113 Å². The first kappa shape index (κ1) is 12.5. The van der Waals surface area contributed by atoms with Crippen molar-refractivity contribution < 1.29 is 4.79 Å². The van der Waals surface area contributed by atoms with Crippen LogP contribution in [0.5, 0.6) is 0 Å². The standard InChI is InChI=1S/C10H9Cl2N3OS/c11-7-2-1-6(5-8(7)12)14-9(16)15-10-13-3-4-17-10/h1-2,5H,3-4H2,(H2,13,14,15,16). The van der Waals surface area contributed by atoms with E-state index in [1.165, 1.54) is 11.8 Å². The van der Waals surface area contributed by atoms with E-state index in [1.54, 1.807) is 18.2 Å². The molecule has 0 bridgehead atoms. The Morgan fingerprint density at radius 3 is 2.76 bits per heavy atom. The summed E-state index contributed by atoms with van der Waals surface area (Å²) in [6.45, 7) is 0.743. The van der Waals surface area contributed by atoms with Gasteiger partial charge in [0.25, 0.3) is 0 Å². The van der Waals surface area contributed by atoms with Gasteiger partial charge in [-0.15, -0.1) is 0 Å². The van der Waals surface area contributed by atoms with E-state index in [0.717, 1.165) is 12.3 Å². The Morgan fingerprint density at radius 2 is 2.12 bits per heavy atom. The van der Waals surface area contributed by atoms with E-state index < -0.39 is 0 Å². The fraction of sp³-hybridized carbons (Fsp3) is 0.200.